The number of ether oxygens (including phenoxy) is 1. The number of pyridine rings is 1. The molecule has 4 heteroatoms. The molecule has 0 amide bonds. The molecule has 2 aromatic rings. The van der Waals surface area contributed by atoms with Crippen molar-refractivity contribution in [1.29, 1.82) is 5.26 Å². The number of halogens is 1. The van der Waals surface area contributed by atoms with Gasteiger partial charge in [-0.3, -0.25) is 0 Å². The molecule has 0 unspecified atom stereocenters. The van der Waals surface area contributed by atoms with Crippen molar-refractivity contribution in [1.82, 2.24) is 4.98 Å². The zero-order chi connectivity index (χ0) is 12.1. The van der Waals surface area contributed by atoms with Crippen molar-refractivity contribution in [3.63, 3.8) is 0 Å². The number of nitriles is 1. The molecule has 0 fully saturated rings. The Hall–Kier alpha value is -2.05. The monoisotopic (exact) mass is 244 g/mol. The Morgan fingerprint density at radius 1 is 1.18 bits per heavy atom. The van der Waals surface area contributed by atoms with Gasteiger partial charge in [-0.1, -0.05) is 6.07 Å². The molecular weight excluding hydrogens is 236 g/mol. The predicted octanol–water partition coefficient (Wildman–Crippen LogP) is 3.48. The van der Waals surface area contributed by atoms with Crippen molar-refractivity contribution in [2.24, 2.45) is 0 Å². The van der Waals surface area contributed by atoms with E-state index in [1.807, 2.05) is 12.1 Å². The van der Waals surface area contributed by atoms with Crippen LogP contribution in [0.15, 0.2) is 42.6 Å². The van der Waals surface area contributed by atoms with Gasteiger partial charge in [0.05, 0.1) is 11.6 Å². The Bertz CT molecular complexity index is 529. The van der Waals surface area contributed by atoms with Gasteiger partial charge in [0, 0.05) is 18.1 Å². The molecule has 0 radical (unpaired) electrons. The first-order chi connectivity index (χ1) is 8.31. The Labute approximate surface area is 104 Å². The van der Waals surface area contributed by atoms with E-state index in [0.717, 1.165) is 5.56 Å². The minimum Gasteiger partial charge on any atom is -0.439 e. The van der Waals surface area contributed by atoms with E-state index in [1.54, 1.807) is 36.5 Å². The lowest BCUT2D eigenvalue weighted by atomic mass is 10.2. The van der Waals surface area contributed by atoms with E-state index in [1.165, 1.54) is 0 Å². The predicted molar refractivity (Wildman–Crippen MR) is 65.0 cm³/mol. The van der Waals surface area contributed by atoms with Crippen LogP contribution in [0.1, 0.15) is 11.1 Å². The Kier molecular flexibility index (Phi) is 3.59. The van der Waals surface area contributed by atoms with Crippen LogP contribution in [0.3, 0.4) is 0 Å². The SMILES string of the molecule is N#Cc1ccc(Oc2ccc(CCl)cn2)cc1. The average molecular weight is 245 g/mol. The molecule has 0 atom stereocenters. The van der Waals surface area contributed by atoms with Crippen LogP contribution in [0.25, 0.3) is 0 Å². The van der Waals surface area contributed by atoms with Crippen LogP contribution in [0, 0.1) is 11.3 Å². The summed E-state index contributed by atoms with van der Waals surface area (Å²) < 4.78 is 5.51. The molecule has 1 heterocycles. The van der Waals surface area contributed by atoms with Gasteiger partial charge >= 0.3 is 0 Å². The molecule has 0 aliphatic carbocycles. The van der Waals surface area contributed by atoms with Crippen molar-refractivity contribution in [3.8, 4) is 17.7 Å². The number of rotatable bonds is 3. The molecule has 0 bridgehead atoms. The van der Waals surface area contributed by atoms with E-state index < -0.39 is 0 Å². The fraction of sp³-hybridized carbons (Fsp3) is 0.0769. The highest BCUT2D eigenvalue weighted by Crippen LogP contribution is 2.19. The molecule has 0 saturated carbocycles. The second kappa shape index (κ2) is 5.33. The first kappa shape index (κ1) is 11.4. The van der Waals surface area contributed by atoms with E-state index in [0.29, 0.717) is 23.1 Å². The van der Waals surface area contributed by atoms with Gasteiger partial charge in [0.1, 0.15) is 5.75 Å². The topological polar surface area (TPSA) is 45.9 Å². The van der Waals surface area contributed by atoms with E-state index in [-0.39, 0.29) is 0 Å². The molecule has 84 valence electrons. The normalized spacial score (nSPS) is 9.65. The molecule has 0 aliphatic rings. The summed E-state index contributed by atoms with van der Waals surface area (Å²) in [4.78, 5) is 4.12. The van der Waals surface area contributed by atoms with Crippen LogP contribution in [0.5, 0.6) is 11.6 Å². The van der Waals surface area contributed by atoms with Crippen molar-refractivity contribution in [3.05, 3.63) is 53.7 Å². The Balaban J connectivity index is 2.11. The molecule has 0 spiro atoms. The fourth-order valence-corrected chi connectivity index (χ4v) is 1.43. The number of hydrogen-bond donors (Lipinski definition) is 0. The first-order valence-corrected chi connectivity index (χ1v) is 5.54. The minimum absolute atomic E-state index is 0.435. The van der Waals surface area contributed by atoms with E-state index in [9.17, 15) is 0 Å². The van der Waals surface area contributed by atoms with Crippen molar-refractivity contribution in [2.45, 2.75) is 5.88 Å². The van der Waals surface area contributed by atoms with E-state index >= 15 is 0 Å². The number of alkyl halides is 1. The van der Waals surface area contributed by atoms with Gasteiger partial charge in [-0.2, -0.15) is 5.26 Å². The highest BCUT2D eigenvalue weighted by Gasteiger charge is 1.99. The third-order valence-electron chi connectivity index (χ3n) is 2.16. The van der Waals surface area contributed by atoms with Gasteiger partial charge in [0.25, 0.3) is 0 Å². The summed E-state index contributed by atoms with van der Waals surface area (Å²) >= 11 is 5.66. The molecule has 2 rings (SSSR count). The van der Waals surface area contributed by atoms with Crippen LogP contribution in [0.2, 0.25) is 0 Å². The molecule has 1 aromatic heterocycles. The third-order valence-corrected chi connectivity index (χ3v) is 2.47. The third kappa shape index (κ3) is 2.96. The van der Waals surface area contributed by atoms with Gasteiger partial charge in [-0.05, 0) is 29.8 Å². The summed E-state index contributed by atoms with van der Waals surface area (Å²) in [6.45, 7) is 0. The molecule has 0 N–H and O–H groups in total. The van der Waals surface area contributed by atoms with Crippen LogP contribution in [0.4, 0.5) is 0 Å². The van der Waals surface area contributed by atoms with Gasteiger partial charge in [0.2, 0.25) is 5.88 Å². The molecule has 3 nitrogen and oxygen atoms in total. The zero-order valence-corrected chi connectivity index (χ0v) is 9.69. The number of benzene rings is 1. The van der Waals surface area contributed by atoms with Gasteiger partial charge < -0.3 is 4.74 Å². The maximum atomic E-state index is 8.66. The lowest BCUT2D eigenvalue weighted by Gasteiger charge is -2.04. The highest BCUT2D eigenvalue weighted by molar-refractivity contribution is 6.17. The van der Waals surface area contributed by atoms with Gasteiger partial charge in [-0.25, -0.2) is 4.98 Å². The van der Waals surface area contributed by atoms with Gasteiger partial charge in [0.15, 0.2) is 0 Å². The molecule has 0 aliphatic heterocycles. The van der Waals surface area contributed by atoms with E-state index in [4.69, 9.17) is 21.6 Å². The Morgan fingerprint density at radius 3 is 2.47 bits per heavy atom. The summed E-state index contributed by atoms with van der Waals surface area (Å²) in [5, 5.41) is 8.66. The fourth-order valence-electron chi connectivity index (χ4n) is 1.27. The van der Waals surface area contributed by atoms with E-state index in [2.05, 4.69) is 4.98 Å². The lowest BCUT2D eigenvalue weighted by Crippen LogP contribution is -1.88. The maximum Gasteiger partial charge on any atom is 0.219 e. The van der Waals surface area contributed by atoms with Crippen LogP contribution in [-0.2, 0) is 5.88 Å². The maximum absolute atomic E-state index is 8.66. The number of aromatic nitrogens is 1. The average Bonchev–Trinajstić information content (AvgIpc) is 2.40. The summed E-state index contributed by atoms with van der Waals surface area (Å²) in [6, 6.07) is 12.5. The standard InChI is InChI=1S/C13H9ClN2O/c14-7-11-3-6-13(16-9-11)17-12-4-1-10(8-15)2-5-12/h1-6,9H,7H2. The summed E-state index contributed by atoms with van der Waals surface area (Å²) in [7, 11) is 0. The number of hydrogen-bond acceptors (Lipinski definition) is 3. The Morgan fingerprint density at radius 2 is 1.94 bits per heavy atom. The summed E-state index contributed by atoms with van der Waals surface area (Å²) in [6.07, 6.45) is 1.67. The first-order valence-electron chi connectivity index (χ1n) is 5.01. The smallest absolute Gasteiger partial charge is 0.219 e. The second-order valence-electron chi connectivity index (χ2n) is 3.38. The van der Waals surface area contributed by atoms with Crippen LogP contribution < -0.4 is 4.74 Å². The molecule has 1 aromatic carbocycles. The zero-order valence-electron chi connectivity index (χ0n) is 8.93. The highest BCUT2D eigenvalue weighted by atomic mass is 35.5. The second-order valence-corrected chi connectivity index (χ2v) is 3.64. The summed E-state index contributed by atoms with van der Waals surface area (Å²) in [5.74, 6) is 1.59. The molecular formula is C13H9ClN2O. The quantitative estimate of drug-likeness (QED) is 0.777. The van der Waals surface area contributed by atoms with Crippen molar-refractivity contribution in [2.75, 3.05) is 0 Å². The number of nitrogens with zero attached hydrogens (tertiary/aromatic N) is 2. The van der Waals surface area contributed by atoms with Crippen LogP contribution >= 0.6 is 11.6 Å². The minimum atomic E-state index is 0.435. The van der Waals surface area contributed by atoms with Gasteiger partial charge in [-0.15, -0.1) is 11.6 Å². The van der Waals surface area contributed by atoms with Crippen LogP contribution in [-0.4, -0.2) is 4.98 Å². The molecule has 0 saturated heterocycles. The van der Waals surface area contributed by atoms with Crippen molar-refractivity contribution >= 4 is 11.6 Å². The molecule has 17 heavy (non-hydrogen) atoms. The lowest BCUT2D eigenvalue weighted by molar-refractivity contribution is 0.462. The summed E-state index contributed by atoms with van der Waals surface area (Å²) in [5.41, 5.74) is 1.54. The van der Waals surface area contributed by atoms with Crippen molar-refractivity contribution < 1.29 is 4.74 Å². The largest absolute Gasteiger partial charge is 0.439 e.